The molecule has 2 N–H and O–H groups in total. The maximum absolute atomic E-state index is 6.14. The Morgan fingerprint density at radius 1 is 1.38 bits per heavy atom. The molecular weight excluding hydrogens is 198 g/mol. The highest BCUT2D eigenvalue weighted by Crippen LogP contribution is 2.37. The molecule has 1 aliphatic carbocycles. The summed E-state index contributed by atoms with van der Waals surface area (Å²) in [6.45, 7) is 2.09. The molecule has 84 valence electrons. The maximum atomic E-state index is 6.14. The second-order valence-electron chi connectivity index (χ2n) is 4.98. The summed E-state index contributed by atoms with van der Waals surface area (Å²) in [5, 5.41) is 1.17. The minimum Gasteiger partial charge on any atom is -0.459 e. The van der Waals surface area contributed by atoms with Crippen molar-refractivity contribution in [1.29, 1.82) is 0 Å². The van der Waals surface area contributed by atoms with E-state index in [0.717, 1.165) is 23.7 Å². The number of aryl methyl sites for hydroxylation is 1. The molecule has 1 saturated carbocycles. The van der Waals surface area contributed by atoms with Crippen LogP contribution in [0.15, 0.2) is 28.7 Å². The fraction of sp³-hybridized carbons (Fsp3) is 0.429. The van der Waals surface area contributed by atoms with Crippen molar-refractivity contribution >= 4 is 11.0 Å². The molecule has 3 rings (SSSR count). The van der Waals surface area contributed by atoms with Gasteiger partial charge in [-0.15, -0.1) is 0 Å². The molecule has 0 radical (unpaired) electrons. The van der Waals surface area contributed by atoms with Crippen LogP contribution in [0.4, 0.5) is 0 Å². The van der Waals surface area contributed by atoms with Crippen LogP contribution in [0.25, 0.3) is 11.0 Å². The number of hydrogen-bond acceptors (Lipinski definition) is 2. The second kappa shape index (κ2) is 3.63. The Morgan fingerprint density at radius 2 is 2.19 bits per heavy atom. The normalized spacial score (nSPS) is 17.9. The van der Waals surface area contributed by atoms with Gasteiger partial charge in [-0.1, -0.05) is 24.5 Å². The first-order valence-electron chi connectivity index (χ1n) is 5.98. The predicted octanol–water partition coefficient (Wildman–Crippen LogP) is 3.54. The molecule has 2 nitrogen and oxygen atoms in total. The Labute approximate surface area is 95.4 Å². The van der Waals surface area contributed by atoms with E-state index in [2.05, 4.69) is 25.1 Å². The van der Waals surface area contributed by atoms with E-state index in [-0.39, 0.29) is 6.04 Å². The fourth-order valence-corrected chi connectivity index (χ4v) is 2.19. The Morgan fingerprint density at radius 3 is 2.94 bits per heavy atom. The van der Waals surface area contributed by atoms with Gasteiger partial charge in [0.2, 0.25) is 0 Å². The van der Waals surface area contributed by atoms with Gasteiger partial charge < -0.3 is 10.2 Å². The first-order chi connectivity index (χ1) is 7.72. The van der Waals surface area contributed by atoms with Crippen molar-refractivity contribution in [3.63, 3.8) is 0 Å². The molecular formula is C14H17NO. The molecule has 1 aromatic heterocycles. The second-order valence-corrected chi connectivity index (χ2v) is 4.98. The maximum Gasteiger partial charge on any atom is 0.134 e. The van der Waals surface area contributed by atoms with Crippen LogP contribution in [-0.4, -0.2) is 0 Å². The number of nitrogens with two attached hydrogens (primary N) is 1. The van der Waals surface area contributed by atoms with E-state index < -0.39 is 0 Å². The standard InChI is InChI=1S/C14H17NO/c1-9-2-5-13-11(6-9)8-14(16-13)12(15)7-10-3-4-10/h2,5-6,8,10,12H,3-4,7,15H2,1H3. The molecule has 0 aliphatic heterocycles. The summed E-state index contributed by atoms with van der Waals surface area (Å²) in [5.41, 5.74) is 8.35. The summed E-state index contributed by atoms with van der Waals surface area (Å²) in [7, 11) is 0. The summed E-state index contributed by atoms with van der Waals surface area (Å²) in [6, 6.07) is 8.40. The lowest BCUT2D eigenvalue weighted by Crippen LogP contribution is -2.09. The smallest absolute Gasteiger partial charge is 0.134 e. The molecule has 0 amide bonds. The average Bonchev–Trinajstić information content (AvgIpc) is 2.95. The monoisotopic (exact) mass is 215 g/mol. The van der Waals surface area contributed by atoms with E-state index in [1.807, 2.05) is 6.07 Å². The van der Waals surface area contributed by atoms with Crippen molar-refractivity contribution in [3.05, 3.63) is 35.6 Å². The Hall–Kier alpha value is -1.28. The Kier molecular flexibility index (Phi) is 2.25. The highest BCUT2D eigenvalue weighted by Gasteiger charge is 2.25. The summed E-state index contributed by atoms with van der Waals surface area (Å²) < 4.78 is 5.79. The van der Waals surface area contributed by atoms with E-state index >= 15 is 0 Å². The molecule has 1 unspecified atom stereocenters. The van der Waals surface area contributed by atoms with Crippen molar-refractivity contribution in [1.82, 2.24) is 0 Å². The van der Waals surface area contributed by atoms with Crippen LogP contribution in [0, 0.1) is 12.8 Å². The topological polar surface area (TPSA) is 39.2 Å². The molecule has 1 atom stereocenters. The molecule has 1 aliphatic rings. The third-order valence-electron chi connectivity index (χ3n) is 3.34. The van der Waals surface area contributed by atoms with Gasteiger partial charge in [-0.05, 0) is 37.5 Å². The first kappa shape index (κ1) is 9.91. The van der Waals surface area contributed by atoms with Crippen molar-refractivity contribution < 1.29 is 4.42 Å². The van der Waals surface area contributed by atoms with Crippen molar-refractivity contribution in [2.75, 3.05) is 0 Å². The van der Waals surface area contributed by atoms with Crippen LogP contribution in [-0.2, 0) is 0 Å². The zero-order valence-corrected chi connectivity index (χ0v) is 9.57. The predicted molar refractivity (Wildman–Crippen MR) is 65.2 cm³/mol. The SMILES string of the molecule is Cc1ccc2oc(C(N)CC3CC3)cc2c1. The third-order valence-corrected chi connectivity index (χ3v) is 3.34. The van der Waals surface area contributed by atoms with Crippen molar-refractivity contribution in [3.8, 4) is 0 Å². The van der Waals surface area contributed by atoms with Crippen LogP contribution < -0.4 is 5.73 Å². The summed E-state index contributed by atoms with van der Waals surface area (Å²) >= 11 is 0. The Bertz CT molecular complexity index is 510. The molecule has 2 heteroatoms. The zero-order valence-electron chi connectivity index (χ0n) is 9.57. The molecule has 0 bridgehead atoms. The van der Waals surface area contributed by atoms with E-state index in [1.165, 1.54) is 23.8 Å². The molecule has 1 fully saturated rings. The minimum atomic E-state index is 0.0696. The minimum absolute atomic E-state index is 0.0696. The van der Waals surface area contributed by atoms with Crippen LogP contribution >= 0.6 is 0 Å². The van der Waals surface area contributed by atoms with Crippen molar-refractivity contribution in [2.24, 2.45) is 11.7 Å². The number of benzene rings is 1. The molecule has 0 spiro atoms. The van der Waals surface area contributed by atoms with Crippen LogP contribution in [0.3, 0.4) is 0 Å². The molecule has 2 aromatic rings. The quantitative estimate of drug-likeness (QED) is 0.850. The third kappa shape index (κ3) is 1.85. The largest absolute Gasteiger partial charge is 0.459 e. The zero-order chi connectivity index (χ0) is 11.1. The molecule has 16 heavy (non-hydrogen) atoms. The van der Waals surface area contributed by atoms with Crippen LogP contribution in [0.1, 0.15) is 36.6 Å². The fourth-order valence-electron chi connectivity index (χ4n) is 2.19. The van der Waals surface area contributed by atoms with Crippen LogP contribution in [0.5, 0.6) is 0 Å². The van der Waals surface area contributed by atoms with Gasteiger partial charge in [0.15, 0.2) is 0 Å². The van der Waals surface area contributed by atoms with Gasteiger partial charge in [-0.25, -0.2) is 0 Å². The molecule has 0 saturated heterocycles. The van der Waals surface area contributed by atoms with E-state index in [1.54, 1.807) is 0 Å². The van der Waals surface area contributed by atoms with Gasteiger partial charge >= 0.3 is 0 Å². The molecule has 1 aromatic carbocycles. The average molecular weight is 215 g/mol. The van der Waals surface area contributed by atoms with Crippen LogP contribution in [0.2, 0.25) is 0 Å². The summed E-state index contributed by atoms with van der Waals surface area (Å²) in [4.78, 5) is 0. The number of furan rings is 1. The lowest BCUT2D eigenvalue weighted by Gasteiger charge is -2.06. The van der Waals surface area contributed by atoms with Gasteiger partial charge in [0.05, 0.1) is 6.04 Å². The van der Waals surface area contributed by atoms with Gasteiger partial charge in [-0.2, -0.15) is 0 Å². The highest BCUT2D eigenvalue weighted by atomic mass is 16.3. The summed E-state index contributed by atoms with van der Waals surface area (Å²) in [6.07, 6.45) is 3.75. The number of hydrogen-bond donors (Lipinski definition) is 1. The van der Waals surface area contributed by atoms with E-state index in [4.69, 9.17) is 10.2 Å². The van der Waals surface area contributed by atoms with Crippen molar-refractivity contribution in [2.45, 2.75) is 32.2 Å². The van der Waals surface area contributed by atoms with Gasteiger partial charge in [-0.3, -0.25) is 0 Å². The van der Waals surface area contributed by atoms with Gasteiger partial charge in [0, 0.05) is 5.39 Å². The Balaban J connectivity index is 1.91. The number of fused-ring (bicyclic) bond motifs is 1. The first-order valence-corrected chi connectivity index (χ1v) is 5.98. The van der Waals surface area contributed by atoms with E-state index in [9.17, 15) is 0 Å². The van der Waals surface area contributed by atoms with Gasteiger partial charge in [0.1, 0.15) is 11.3 Å². The summed E-state index contributed by atoms with van der Waals surface area (Å²) in [5.74, 6) is 1.78. The van der Waals surface area contributed by atoms with Gasteiger partial charge in [0.25, 0.3) is 0 Å². The van der Waals surface area contributed by atoms with E-state index in [0.29, 0.717) is 0 Å². The highest BCUT2D eigenvalue weighted by molar-refractivity contribution is 5.78. The molecule has 1 heterocycles. The number of rotatable bonds is 3. The lowest BCUT2D eigenvalue weighted by molar-refractivity contribution is 0.463. The lowest BCUT2D eigenvalue weighted by atomic mass is 10.1.